The zero-order valence-electron chi connectivity index (χ0n) is 16.2. The molecule has 3 aromatic rings. The van der Waals surface area contributed by atoms with Crippen LogP contribution in [0.4, 0.5) is 0 Å². The third kappa shape index (κ3) is 4.00. The van der Waals surface area contributed by atoms with Gasteiger partial charge in [0.25, 0.3) is 5.91 Å². The summed E-state index contributed by atoms with van der Waals surface area (Å²) in [6, 6.07) is 15.4. The van der Waals surface area contributed by atoms with E-state index in [2.05, 4.69) is 20.9 Å². The number of nitrogens with zero attached hydrogens (tertiary/aromatic N) is 2. The Bertz CT molecular complexity index is 1050. The van der Waals surface area contributed by atoms with Crippen LogP contribution in [0.2, 0.25) is 0 Å². The van der Waals surface area contributed by atoms with E-state index in [1.165, 1.54) is 0 Å². The van der Waals surface area contributed by atoms with E-state index in [-0.39, 0.29) is 11.8 Å². The van der Waals surface area contributed by atoms with Crippen LogP contribution < -0.4 is 4.74 Å². The molecular weight excluding hydrogens is 434 g/mol. The van der Waals surface area contributed by atoms with Gasteiger partial charge in [0.15, 0.2) is 0 Å². The highest BCUT2D eigenvalue weighted by Gasteiger charge is 2.27. The number of benzene rings is 2. The molecule has 1 fully saturated rings. The standard InChI is InChI=1S/C22H22BrN3O3/c1-29-16-6-4-5-15(13-16)14-19(27)25-9-11-26(12-10-25)22(28)21-20(23)17-7-2-3-8-18(17)24-21/h2-8,13,24H,9-12,14H2,1H3. The summed E-state index contributed by atoms with van der Waals surface area (Å²) >= 11 is 3.55. The largest absolute Gasteiger partial charge is 0.497 e. The van der Waals surface area contributed by atoms with Gasteiger partial charge in [-0.3, -0.25) is 9.59 Å². The van der Waals surface area contributed by atoms with Crippen LogP contribution in [0.5, 0.6) is 5.75 Å². The number of halogens is 1. The van der Waals surface area contributed by atoms with Gasteiger partial charge < -0.3 is 19.5 Å². The first-order chi connectivity index (χ1) is 14.1. The van der Waals surface area contributed by atoms with E-state index < -0.39 is 0 Å². The van der Waals surface area contributed by atoms with Crippen molar-refractivity contribution in [3.8, 4) is 5.75 Å². The molecule has 0 atom stereocenters. The number of para-hydroxylation sites is 1. The molecule has 2 aromatic carbocycles. The fraction of sp³-hybridized carbons (Fsp3) is 0.273. The SMILES string of the molecule is COc1cccc(CC(=O)N2CCN(C(=O)c3[nH]c4ccccc4c3Br)CC2)c1. The van der Waals surface area contributed by atoms with Gasteiger partial charge >= 0.3 is 0 Å². The second kappa shape index (κ2) is 8.29. The number of piperazine rings is 1. The normalized spacial score (nSPS) is 14.3. The Hall–Kier alpha value is -2.80. The van der Waals surface area contributed by atoms with E-state index in [0.717, 1.165) is 26.7 Å². The maximum absolute atomic E-state index is 13.0. The Balaban J connectivity index is 1.39. The van der Waals surface area contributed by atoms with Gasteiger partial charge in [0.2, 0.25) is 5.91 Å². The van der Waals surface area contributed by atoms with E-state index in [1.807, 2.05) is 53.4 Å². The minimum Gasteiger partial charge on any atom is -0.497 e. The van der Waals surface area contributed by atoms with Gasteiger partial charge in [0.05, 0.1) is 18.0 Å². The molecule has 2 amide bonds. The quantitative estimate of drug-likeness (QED) is 0.654. The molecule has 1 aliphatic rings. The summed E-state index contributed by atoms with van der Waals surface area (Å²) in [6.45, 7) is 2.10. The van der Waals surface area contributed by atoms with Crippen LogP contribution in [-0.2, 0) is 11.2 Å². The second-order valence-electron chi connectivity index (χ2n) is 7.06. The number of hydrogen-bond donors (Lipinski definition) is 1. The average molecular weight is 456 g/mol. The summed E-state index contributed by atoms with van der Waals surface area (Å²) in [5.74, 6) is 0.764. The predicted molar refractivity (Wildman–Crippen MR) is 115 cm³/mol. The summed E-state index contributed by atoms with van der Waals surface area (Å²) in [5, 5.41) is 0.989. The molecule has 4 rings (SSSR count). The third-order valence-electron chi connectivity index (χ3n) is 5.27. The number of rotatable bonds is 4. The molecule has 0 radical (unpaired) electrons. The zero-order chi connectivity index (χ0) is 20.4. The number of aromatic amines is 1. The highest BCUT2D eigenvalue weighted by molar-refractivity contribution is 9.10. The molecule has 1 N–H and O–H groups in total. The minimum absolute atomic E-state index is 0.0482. The smallest absolute Gasteiger partial charge is 0.271 e. The lowest BCUT2D eigenvalue weighted by atomic mass is 10.1. The van der Waals surface area contributed by atoms with Crippen LogP contribution in [0, 0.1) is 0 Å². The number of carbonyl (C=O) groups is 2. The van der Waals surface area contributed by atoms with Crippen LogP contribution >= 0.6 is 15.9 Å². The Kier molecular flexibility index (Phi) is 5.58. The van der Waals surface area contributed by atoms with Crippen LogP contribution in [0.15, 0.2) is 53.0 Å². The molecule has 1 aromatic heterocycles. The van der Waals surface area contributed by atoms with Gasteiger partial charge in [0, 0.05) is 37.1 Å². The van der Waals surface area contributed by atoms with E-state index >= 15 is 0 Å². The van der Waals surface area contributed by atoms with Crippen LogP contribution in [0.25, 0.3) is 10.9 Å². The fourth-order valence-corrected chi connectivity index (χ4v) is 4.26. The lowest BCUT2D eigenvalue weighted by molar-refractivity contribution is -0.131. The molecule has 0 unspecified atom stereocenters. The van der Waals surface area contributed by atoms with Crippen LogP contribution in [0.1, 0.15) is 16.1 Å². The molecule has 150 valence electrons. The number of ether oxygens (including phenoxy) is 1. The van der Waals surface area contributed by atoms with E-state index in [9.17, 15) is 9.59 Å². The maximum atomic E-state index is 13.0. The van der Waals surface area contributed by atoms with Crippen LogP contribution in [0.3, 0.4) is 0 Å². The van der Waals surface area contributed by atoms with Crippen molar-refractivity contribution in [3.63, 3.8) is 0 Å². The average Bonchev–Trinajstić information content (AvgIpc) is 3.10. The van der Waals surface area contributed by atoms with Gasteiger partial charge in [0.1, 0.15) is 11.4 Å². The van der Waals surface area contributed by atoms with Crippen molar-refractivity contribution in [1.29, 1.82) is 0 Å². The molecule has 29 heavy (non-hydrogen) atoms. The summed E-state index contributed by atoms with van der Waals surface area (Å²) in [4.78, 5) is 32.5. The van der Waals surface area contributed by atoms with Gasteiger partial charge in [-0.1, -0.05) is 30.3 Å². The molecular formula is C22H22BrN3O3. The predicted octanol–water partition coefficient (Wildman–Crippen LogP) is 3.47. The molecule has 1 aliphatic heterocycles. The summed E-state index contributed by atoms with van der Waals surface area (Å²) in [5.41, 5.74) is 2.41. The highest BCUT2D eigenvalue weighted by atomic mass is 79.9. The first-order valence-electron chi connectivity index (χ1n) is 9.53. The van der Waals surface area contributed by atoms with Crippen molar-refractivity contribution < 1.29 is 14.3 Å². The van der Waals surface area contributed by atoms with Crippen LogP contribution in [-0.4, -0.2) is 59.9 Å². The maximum Gasteiger partial charge on any atom is 0.271 e. The number of carbonyl (C=O) groups excluding carboxylic acids is 2. The Morgan fingerprint density at radius 1 is 1.03 bits per heavy atom. The Morgan fingerprint density at radius 2 is 1.76 bits per heavy atom. The molecule has 0 bridgehead atoms. The summed E-state index contributed by atoms with van der Waals surface area (Å²) < 4.78 is 6.01. The Morgan fingerprint density at radius 3 is 2.48 bits per heavy atom. The lowest BCUT2D eigenvalue weighted by Gasteiger charge is -2.34. The number of nitrogens with one attached hydrogen (secondary N) is 1. The fourth-order valence-electron chi connectivity index (χ4n) is 3.64. The molecule has 7 heteroatoms. The molecule has 0 aliphatic carbocycles. The van der Waals surface area contributed by atoms with Crippen molar-refractivity contribution >= 4 is 38.6 Å². The van der Waals surface area contributed by atoms with Crippen molar-refractivity contribution in [2.45, 2.75) is 6.42 Å². The van der Waals surface area contributed by atoms with Gasteiger partial charge in [-0.2, -0.15) is 0 Å². The number of methoxy groups -OCH3 is 1. The number of fused-ring (bicyclic) bond motifs is 1. The third-order valence-corrected chi connectivity index (χ3v) is 6.09. The number of aromatic nitrogens is 1. The second-order valence-corrected chi connectivity index (χ2v) is 7.85. The van der Waals surface area contributed by atoms with Gasteiger partial charge in [-0.25, -0.2) is 0 Å². The summed E-state index contributed by atoms with van der Waals surface area (Å²) in [6.07, 6.45) is 0.332. The van der Waals surface area contributed by atoms with E-state index in [0.29, 0.717) is 38.3 Å². The monoisotopic (exact) mass is 455 g/mol. The van der Waals surface area contributed by atoms with Crippen molar-refractivity contribution in [2.24, 2.45) is 0 Å². The van der Waals surface area contributed by atoms with E-state index in [1.54, 1.807) is 12.0 Å². The minimum atomic E-state index is -0.0482. The van der Waals surface area contributed by atoms with Gasteiger partial charge in [-0.15, -0.1) is 0 Å². The number of hydrogen-bond acceptors (Lipinski definition) is 3. The highest BCUT2D eigenvalue weighted by Crippen LogP contribution is 2.28. The Labute approximate surface area is 177 Å². The van der Waals surface area contributed by atoms with E-state index in [4.69, 9.17) is 4.74 Å². The van der Waals surface area contributed by atoms with Crippen molar-refractivity contribution in [2.75, 3.05) is 33.3 Å². The molecule has 0 saturated carbocycles. The molecule has 1 saturated heterocycles. The zero-order valence-corrected chi connectivity index (χ0v) is 17.7. The number of H-pyrrole nitrogens is 1. The molecule has 2 heterocycles. The van der Waals surface area contributed by atoms with Crippen molar-refractivity contribution in [3.05, 3.63) is 64.3 Å². The topological polar surface area (TPSA) is 65.6 Å². The number of amides is 2. The first-order valence-corrected chi connectivity index (χ1v) is 10.3. The molecule has 6 nitrogen and oxygen atoms in total. The van der Waals surface area contributed by atoms with Crippen molar-refractivity contribution in [1.82, 2.24) is 14.8 Å². The lowest BCUT2D eigenvalue weighted by Crippen LogP contribution is -2.51. The first kappa shape index (κ1) is 19.5. The van der Waals surface area contributed by atoms with Gasteiger partial charge in [-0.05, 0) is 39.7 Å². The molecule has 0 spiro atoms. The summed E-state index contributed by atoms with van der Waals surface area (Å²) in [7, 11) is 1.61.